The molecular formula is C14H18N2O3. The molecule has 0 saturated carbocycles. The first kappa shape index (κ1) is 13.4. The number of aromatic nitrogens is 1. The lowest BCUT2D eigenvalue weighted by Crippen LogP contribution is -2.13. The van der Waals surface area contributed by atoms with Crippen molar-refractivity contribution in [1.29, 1.82) is 0 Å². The lowest BCUT2D eigenvalue weighted by Gasteiger charge is -2.08. The van der Waals surface area contributed by atoms with Crippen LogP contribution < -0.4 is 10.1 Å². The predicted octanol–water partition coefficient (Wildman–Crippen LogP) is 2.30. The number of aryl methyl sites for hydroxylation is 2. The number of ether oxygens (including phenoxy) is 1. The van der Waals surface area contributed by atoms with Gasteiger partial charge in [0.1, 0.15) is 5.76 Å². The minimum absolute atomic E-state index is 0.150. The Morgan fingerprint density at radius 3 is 2.74 bits per heavy atom. The van der Waals surface area contributed by atoms with Crippen LogP contribution in [0.4, 0.5) is 0 Å². The molecule has 2 N–H and O–H groups in total. The van der Waals surface area contributed by atoms with Gasteiger partial charge in [0, 0.05) is 18.7 Å². The van der Waals surface area contributed by atoms with Gasteiger partial charge in [-0.3, -0.25) is 0 Å². The Hall–Kier alpha value is -2.01. The Labute approximate surface area is 112 Å². The smallest absolute Gasteiger partial charge is 0.160 e. The molecule has 2 aromatic rings. The van der Waals surface area contributed by atoms with Crippen LogP contribution in [-0.2, 0) is 13.1 Å². The van der Waals surface area contributed by atoms with Crippen molar-refractivity contribution in [2.45, 2.75) is 26.9 Å². The maximum absolute atomic E-state index is 9.52. The fourth-order valence-corrected chi connectivity index (χ4v) is 1.92. The highest BCUT2D eigenvalue weighted by Gasteiger charge is 2.08. The summed E-state index contributed by atoms with van der Waals surface area (Å²) in [6.07, 6.45) is 0. The zero-order valence-corrected chi connectivity index (χ0v) is 11.4. The van der Waals surface area contributed by atoms with Gasteiger partial charge in [0.25, 0.3) is 0 Å². The van der Waals surface area contributed by atoms with E-state index in [2.05, 4.69) is 10.5 Å². The lowest BCUT2D eigenvalue weighted by molar-refractivity contribution is 0.372. The van der Waals surface area contributed by atoms with Crippen molar-refractivity contribution in [3.05, 3.63) is 40.8 Å². The Kier molecular flexibility index (Phi) is 4.06. The summed E-state index contributed by atoms with van der Waals surface area (Å²) < 4.78 is 10.2. The number of phenolic OH excluding ortho intramolecular Hbond substituents is 1. The number of phenols is 1. The number of nitrogens with one attached hydrogen (secondary N) is 1. The highest BCUT2D eigenvalue weighted by atomic mass is 16.5. The maximum Gasteiger partial charge on any atom is 0.160 e. The molecule has 5 heteroatoms. The van der Waals surface area contributed by atoms with Gasteiger partial charge in [-0.25, -0.2) is 0 Å². The number of methoxy groups -OCH3 is 1. The molecule has 0 fully saturated rings. The van der Waals surface area contributed by atoms with Crippen LogP contribution in [-0.4, -0.2) is 17.4 Å². The van der Waals surface area contributed by atoms with E-state index in [9.17, 15) is 5.11 Å². The van der Waals surface area contributed by atoms with Gasteiger partial charge in [-0.15, -0.1) is 0 Å². The van der Waals surface area contributed by atoms with Gasteiger partial charge < -0.3 is 19.7 Å². The summed E-state index contributed by atoms with van der Waals surface area (Å²) >= 11 is 0. The number of nitrogens with zero attached hydrogens (tertiary/aromatic N) is 1. The fraction of sp³-hybridized carbons (Fsp3) is 0.357. The molecule has 102 valence electrons. The summed E-state index contributed by atoms with van der Waals surface area (Å²) in [5, 5.41) is 16.7. The summed E-state index contributed by atoms with van der Waals surface area (Å²) in [6, 6.07) is 5.31. The van der Waals surface area contributed by atoms with Crippen LogP contribution in [0.25, 0.3) is 0 Å². The number of hydrogen-bond acceptors (Lipinski definition) is 5. The molecule has 1 heterocycles. The van der Waals surface area contributed by atoms with Gasteiger partial charge >= 0.3 is 0 Å². The van der Waals surface area contributed by atoms with Crippen LogP contribution in [0.15, 0.2) is 22.7 Å². The Bertz CT molecular complexity index is 544. The average Bonchev–Trinajstić information content (AvgIpc) is 2.72. The molecular weight excluding hydrogens is 244 g/mol. The van der Waals surface area contributed by atoms with Gasteiger partial charge in [0.15, 0.2) is 11.5 Å². The van der Waals surface area contributed by atoms with Crippen LogP contribution in [0.2, 0.25) is 0 Å². The van der Waals surface area contributed by atoms with E-state index in [4.69, 9.17) is 9.26 Å². The van der Waals surface area contributed by atoms with Crippen molar-refractivity contribution in [2.75, 3.05) is 7.11 Å². The second kappa shape index (κ2) is 5.75. The molecule has 0 atom stereocenters. The molecule has 0 amide bonds. The van der Waals surface area contributed by atoms with E-state index in [-0.39, 0.29) is 5.75 Å². The molecule has 0 aliphatic heterocycles. The highest BCUT2D eigenvalue weighted by molar-refractivity contribution is 5.41. The van der Waals surface area contributed by atoms with Gasteiger partial charge in [0.2, 0.25) is 0 Å². The van der Waals surface area contributed by atoms with E-state index in [1.165, 1.54) is 7.11 Å². The van der Waals surface area contributed by atoms with E-state index >= 15 is 0 Å². The molecule has 1 aromatic carbocycles. The van der Waals surface area contributed by atoms with Gasteiger partial charge in [-0.2, -0.15) is 0 Å². The first-order valence-electron chi connectivity index (χ1n) is 6.10. The first-order valence-corrected chi connectivity index (χ1v) is 6.10. The zero-order chi connectivity index (χ0) is 13.8. The third-order valence-corrected chi connectivity index (χ3v) is 3.06. The van der Waals surface area contributed by atoms with E-state index in [0.717, 1.165) is 22.6 Å². The topological polar surface area (TPSA) is 67.5 Å². The van der Waals surface area contributed by atoms with Crippen LogP contribution in [0.1, 0.15) is 22.6 Å². The molecule has 0 saturated heterocycles. The highest BCUT2D eigenvalue weighted by Crippen LogP contribution is 2.26. The van der Waals surface area contributed by atoms with E-state index < -0.39 is 0 Å². The summed E-state index contributed by atoms with van der Waals surface area (Å²) in [5.74, 6) is 1.47. The molecule has 19 heavy (non-hydrogen) atoms. The molecule has 0 radical (unpaired) electrons. The van der Waals surface area contributed by atoms with Crippen molar-refractivity contribution in [2.24, 2.45) is 0 Å². The molecule has 5 nitrogen and oxygen atoms in total. The standard InChI is InChI=1S/C14H18N2O3/c1-9-12(10(2)19-16-9)8-15-7-11-4-5-13(17)14(6-11)18-3/h4-6,15,17H,7-8H2,1-3H3. The third-order valence-electron chi connectivity index (χ3n) is 3.06. The van der Waals surface area contributed by atoms with Crippen molar-refractivity contribution in [3.63, 3.8) is 0 Å². The lowest BCUT2D eigenvalue weighted by atomic mass is 10.1. The number of rotatable bonds is 5. The summed E-state index contributed by atoms with van der Waals surface area (Å²) in [4.78, 5) is 0. The minimum atomic E-state index is 0.150. The number of benzene rings is 1. The molecule has 1 aromatic heterocycles. The quantitative estimate of drug-likeness (QED) is 0.865. The predicted molar refractivity (Wildman–Crippen MR) is 71.2 cm³/mol. The summed E-state index contributed by atoms with van der Waals surface area (Å²) in [7, 11) is 1.54. The Balaban J connectivity index is 1.96. The largest absolute Gasteiger partial charge is 0.504 e. The normalized spacial score (nSPS) is 10.7. The average molecular weight is 262 g/mol. The van der Waals surface area contributed by atoms with Gasteiger partial charge in [0.05, 0.1) is 12.8 Å². The molecule has 0 bridgehead atoms. The van der Waals surface area contributed by atoms with E-state index in [0.29, 0.717) is 18.8 Å². The van der Waals surface area contributed by atoms with E-state index in [1.54, 1.807) is 6.07 Å². The molecule has 0 unspecified atom stereocenters. The second-order valence-electron chi connectivity index (χ2n) is 4.41. The SMILES string of the molecule is COc1cc(CNCc2c(C)noc2C)ccc1O. The first-order chi connectivity index (χ1) is 9.11. The van der Waals surface area contributed by atoms with Gasteiger partial charge in [-0.1, -0.05) is 11.2 Å². The van der Waals surface area contributed by atoms with Crippen LogP contribution >= 0.6 is 0 Å². The van der Waals surface area contributed by atoms with Crippen molar-refractivity contribution in [1.82, 2.24) is 10.5 Å². The fourth-order valence-electron chi connectivity index (χ4n) is 1.92. The minimum Gasteiger partial charge on any atom is -0.504 e. The van der Waals surface area contributed by atoms with Crippen molar-refractivity contribution >= 4 is 0 Å². The van der Waals surface area contributed by atoms with Crippen LogP contribution in [0.5, 0.6) is 11.5 Å². The Morgan fingerprint density at radius 2 is 2.11 bits per heavy atom. The zero-order valence-electron chi connectivity index (χ0n) is 11.4. The molecule has 0 aliphatic rings. The molecule has 0 spiro atoms. The maximum atomic E-state index is 9.52. The monoisotopic (exact) mass is 262 g/mol. The van der Waals surface area contributed by atoms with Crippen LogP contribution in [0, 0.1) is 13.8 Å². The summed E-state index contributed by atoms with van der Waals surface area (Å²) in [6.45, 7) is 5.21. The number of aromatic hydroxyl groups is 1. The second-order valence-corrected chi connectivity index (χ2v) is 4.41. The summed E-state index contributed by atoms with van der Waals surface area (Å²) in [5.41, 5.74) is 3.04. The number of hydrogen-bond donors (Lipinski definition) is 2. The van der Waals surface area contributed by atoms with Crippen LogP contribution in [0.3, 0.4) is 0 Å². The Morgan fingerprint density at radius 1 is 1.32 bits per heavy atom. The van der Waals surface area contributed by atoms with E-state index in [1.807, 2.05) is 26.0 Å². The molecule has 0 aliphatic carbocycles. The van der Waals surface area contributed by atoms with Gasteiger partial charge in [-0.05, 0) is 31.5 Å². The third kappa shape index (κ3) is 3.06. The van der Waals surface area contributed by atoms with Crippen molar-refractivity contribution < 1.29 is 14.4 Å². The molecule has 2 rings (SSSR count). The van der Waals surface area contributed by atoms with Crippen molar-refractivity contribution in [3.8, 4) is 11.5 Å².